The first-order valence-electron chi connectivity index (χ1n) is 7.43. The molecule has 120 valence electrons. The summed E-state index contributed by atoms with van der Waals surface area (Å²) >= 11 is 0. The smallest absolute Gasteiger partial charge is 0.372 e. The number of hydrogen-bond donors (Lipinski definition) is 1. The van der Waals surface area contributed by atoms with Gasteiger partial charge in [-0.3, -0.25) is 0 Å². The van der Waals surface area contributed by atoms with Crippen molar-refractivity contribution in [2.45, 2.75) is 39.9 Å². The molecule has 0 spiro atoms. The number of alkyl halides is 3. The van der Waals surface area contributed by atoms with E-state index < -0.39 is 11.7 Å². The molecular formula is C16H25F3N2. The summed E-state index contributed by atoms with van der Waals surface area (Å²) < 4.78 is 39.6. The lowest BCUT2D eigenvalue weighted by Gasteiger charge is -2.27. The molecular weight excluding hydrogens is 277 g/mol. The third-order valence-corrected chi connectivity index (χ3v) is 3.74. The van der Waals surface area contributed by atoms with Gasteiger partial charge in [-0.15, -0.1) is 0 Å². The van der Waals surface area contributed by atoms with Gasteiger partial charge >= 0.3 is 6.18 Å². The number of hydrogen-bond acceptors (Lipinski definition) is 2. The van der Waals surface area contributed by atoms with Gasteiger partial charge in [0, 0.05) is 25.3 Å². The van der Waals surface area contributed by atoms with Crippen molar-refractivity contribution >= 4 is 5.69 Å². The Kier molecular flexibility index (Phi) is 6.52. The van der Waals surface area contributed by atoms with E-state index in [0.717, 1.165) is 13.0 Å². The zero-order valence-corrected chi connectivity index (χ0v) is 13.2. The number of anilines is 1. The fourth-order valence-electron chi connectivity index (χ4n) is 2.29. The highest BCUT2D eigenvalue weighted by Gasteiger charge is 2.33. The average Bonchev–Trinajstić information content (AvgIpc) is 2.44. The van der Waals surface area contributed by atoms with Crippen LogP contribution in [-0.2, 0) is 12.7 Å². The molecule has 1 atom stereocenters. The van der Waals surface area contributed by atoms with Gasteiger partial charge in [-0.2, -0.15) is 13.2 Å². The van der Waals surface area contributed by atoms with E-state index in [0.29, 0.717) is 18.2 Å². The molecule has 1 unspecified atom stereocenters. The van der Waals surface area contributed by atoms with Crippen LogP contribution >= 0.6 is 0 Å². The molecule has 1 aromatic rings. The third-order valence-electron chi connectivity index (χ3n) is 3.74. The number of rotatable bonds is 7. The predicted molar refractivity (Wildman–Crippen MR) is 81.5 cm³/mol. The van der Waals surface area contributed by atoms with Crippen LogP contribution in [-0.4, -0.2) is 20.1 Å². The number of nitrogens with zero attached hydrogens (tertiary/aromatic N) is 1. The minimum atomic E-state index is -4.32. The van der Waals surface area contributed by atoms with Crippen molar-refractivity contribution in [3.05, 3.63) is 29.3 Å². The SMILES string of the molecule is CCC(C)CN(CC)c1ccc(CNC)c(C(F)(F)F)c1. The highest BCUT2D eigenvalue weighted by Crippen LogP contribution is 2.35. The van der Waals surface area contributed by atoms with Crippen LogP contribution in [0.5, 0.6) is 0 Å². The predicted octanol–water partition coefficient (Wildman–Crippen LogP) is 4.30. The number of benzene rings is 1. The summed E-state index contributed by atoms with van der Waals surface area (Å²) in [6.45, 7) is 7.87. The Labute approximate surface area is 125 Å². The molecule has 0 bridgehead atoms. The van der Waals surface area contributed by atoms with Crippen molar-refractivity contribution in [3.63, 3.8) is 0 Å². The lowest BCUT2D eigenvalue weighted by Crippen LogP contribution is -2.28. The van der Waals surface area contributed by atoms with Gasteiger partial charge in [0.15, 0.2) is 0 Å². The standard InChI is InChI=1S/C16H25F3N2/c1-5-12(3)11-21(6-2)14-8-7-13(10-20-4)15(9-14)16(17,18)19/h7-9,12,20H,5-6,10-11H2,1-4H3. The summed E-state index contributed by atoms with van der Waals surface area (Å²) in [6, 6.07) is 4.64. The summed E-state index contributed by atoms with van der Waals surface area (Å²) in [4.78, 5) is 2.01. The van der Waals surface area contributed by atoms with Crippen LogP contribution in [0.3, 0.4) is 0 Å². The molecule has 0 heterocycles. The molecule has 1 aromatic carbocycles. The molecule has 5 heteroatoms. The highest BCUT2D eigenvalue weighted by molar-refractivity contribution is 5.52. The lowest BCUT2D eigenvalue weighted by atomic mass is 10.0. The van der Waals surface area contributed by atoms with E-state index in [-0.39, 0.29) is 12.1 Å². The van der Waals surface area contributed by atoms with Crippen molar-refractivity contribution in [1.82, 2.24) is 5.32 Å². The van der Waals surface area contributed by atoms with E-state index in [9.17, 15) is 13.2 Å². The summed E-state index contributed by atoms with van der Waals surface area (Å²) in [5.41, 5.74) is 0.385. The molecule has 21 heavy (non-hydrogen) atoms. The zero-order chi connectivity index (χ0) is 16.0. The Morgan fingerprint density at radius 3 is 2.38 bits per heavy atom. The lowest BCUT2D eigenvalue weighted by molar-refractivity contribution is -0.138. The first kappa shape index (κ1) is 17.8. The van der Waals surface area contributed by atoms with Crippen molar-refractivity contribution < 1.29 is 13.2 Å². The molecule has 0 fully saturated rings. The number of halogens is 3. The Bertz CT molecular complexity index is 444. The summed E-state index contributed by atoms with van der Waals surface area (Å²) in [5.74, 6) is 0.455. The van der Waals surface area contributed by atoms with Crippen LogP contribution in [0.25, 0.3) is 0 Å². The molecule has 0 radical (unpaired) electrons. The minimum absolute atomic E-state index is 0.215. The van der Waals surface area contributed by atoms with E-state index in [4.69, 9.17) is 0 Å². The van der Waals surface area contributed by atoms with Gasteiger partial charge in [0.25, 0.3) is 0 Å². The maximum atomic E-state index is 13.2. The van der Waals surface area contributed by atoms with Gasteiger partial charge in [-0.1, -0.05) is 26.3 Å². The van der Waals surface area contributed by atoms with E-state index in [1.807, 2.05) is 11.8 Å². The first-order valence-corrected chi connectivity index (χ1v) is 7.43. The van der Waals surface area contributed by atoms with E-state index in [2.05, 4.69) is 19.2 Å². The third kappa shape index (κ3) is 4.92. The van der Waals surface area contributed by atoms with Crippen LogP contribution in [0.2, 0.25) is 0 Å². The molecule has 0 saturated heterocycles. The van der Waals surface area contributed by atoms with Gasteiger partial charge in [-0.05, 0) is 37.6 Å². The molecule has 0 aliphatic carbocycles. The normalized spacial score (nSPS) is 13.3. The molecule has 1 N–H and O–H groups in total. The summed E-state index contributed by atoms with van der Waals surface area (Å²) in [7, 11) is 1.65. The van der Waals surface area contributed by atoms with Gasteiger partial charge in [0.05, 0.1) is 5.56 Å². The fraction of sp³-hybridized carbons (Fsp3) is 0.625. The topological polar surface area (TPSA) is 15.3 Å². The Balaban J connectivity index is 3.13. The minimum Gasteiger partial charge on any atom is -0.372 e. The maximum absolute atomic E-state index is 13.2. The average molecular weight is 302 g/mol. The quantitative estimate of drug-likeness (QED) is 0.808. The van der Waals surface area contributed by atoms with Gasteiger partial charge in [-0.25, -0.2) is 0 Å². The molecule has 0 saturated carbocycles. The van der Waals surface area contributed by atoms with Crippen molar-refractivity contribution in [1.29, 1.82) is 0 Å². The molecule has 1 rings (SSSR count). The van der Waals surface area contributed by atoms with Crippen LogP contribution < -0.4 is 10.2 Å². The Morgan fingerprint density at radius 2 is 1.90 bits per heavy atom. The molecule has 2 nitrogen and oxygen atoms in total. The Morgan fingerprint density at radius 1 is 1.24 bits per heavy atom. The Hall–Kier alpha value is -1.23. The van der Waals surface area contributed by atoms with Crippen LogP contribution in [0.15, 0.2) is 18.2 Å². The second kappa shape index (κ2) is 7.69. The molecule has 0 aromatic heterocycles. The number of nitrogens with one attached hydrogen (secondary N) is 1. The molecule has 0 aliphatic rings. The van der Waals surface area contributed by atoms with E-state index in [1.54, 1.807) is 19.2 Å². The van der Waals surface area contributed by atoms with Crippen LogP contribution in [0.1, 0.15) is 38.3 Å². The summed E-state index contributed by atoms with van der Waals surface area (Å²) in [6.07, 6.45) is -3.31. The second-order valence-electron chi connectivity index (χ2n) is 5.42. The fourth-order valence-corrected chi connectivity index (χ4v) is 2.29. The maximum Gasteiger partial charge on any atom is 0.416 e. The van der Waals surface area contributed by atoms with Crippen molar-refractivity contribution in [2.75, 3.05) is 25.0 Å². The zero-order valence-electron chi connectivity index (χ0n) is 13.2. The van der Waals surface area contributed by atoms with Gasteiger partial charge in [0.2, 0.25) is 0 Å². The highest BCUT2D eigenvalue weighted by atomic mass is 19.4. The second-order valence-corrected chi connectivity index (χ2v) is 5.42. The first-order chi connectivity index (χ1) is 9.83. The summed E-state index contributed by atoms with van der Waals surface area (Å²) in [5, 5.41) is 2.79. The van der Waals surface area contributed by atoms with Gasteiger partial charge < -0.3 is 10.2 Å². The van der Waals surface area contributed by atoms with E-state index >= 15 is 0 Å². The van der Waals surface area contributed by atoms with Crippen LogP contribution in [0.4, 0.5) is 18.9 Å². The monoisotopic (exact) mass is 302 g/mol. The van der Waals surface area contributed by atoms with Crippen molar-refractivity contribution in [3.8, 4) is 0 Å². The molecule has 0 aliphatic heterocycles. The van der Waals surface area contributed by atoms with Crippen LogP contribution in [0, 0.1) is 5.92 Å². The van der Waals surface area contributed by atoms with Gasteiger partial charge in [0.1, 0.15) is 0 Å². The molecule has 0 amide bonds. The largest absolute Gasteiger partial charge is 0.416 e. The van der Waals surface area contributed by atoms with E-state index in [1.165, 1.54) is 6.07 Å². The van der Waals surface area contributed by atoms with Crippen molar-refractivity contribution in [2.24, 2.45) is 5.92 Å².